The van der Waals surface area contributed by atoms with E-state index < -0.39 is 5.97 Å². The van der Waals surface area contributed by atoms with Gasteiger partial charge in [0.25, 0.3) is 0 Å². The summed E-state index contributed by atoms with van der Waals surface area (Å²) in [7, 11) is 0. The highest BCUT2D eigenvalue weighted by Crippen LogP contribution is 2.15. The molecule has 1 aromatic heterocycles. The lowest BCUT2D eigenvalue weighted by molar-refractivity contribution is -0.121. The SMILES string of the molecule is Cc1csc(NC(=O)CCC(=O)Nc2cccc(C(=O)O)c2)n1. The van der Waals surface area contributed by atoms with Crippen molar-refractivity contribution >= 4 is 39.9 Å². The van der Waals surface area contributed by atoms with E-state index in [1.807, 2.05) is 12.3 Å². The van der Waals surface area contributed by atoms with Gasteiger partial charge in [-0.3, -0.25) is 9.59 Å². The maximum atomic E-state index is 11.8. The Morgan fingerprint density at radius 2 is 1.87 bits per heavy atom. The van der Waals surface area contributed by atoms with E-state index in [0.29, 0.717) is 10.8 Å². The molecule has 0 saturated carbocycles. The molecule has 8 heteroatoms. The van der Waals surface area contributed by atoms with Crippen molar-refractivity contribution in [1.29, 1.82) is 0 Å². The molecule has 120 valence electrons. The summed E-state index contributed by atoms with van der Waals surface area (Å²) in [6.07, 6.45) is 0.0105. The standard InChI is InChI=1S/C15H15N3O4S/c1-9-8-23-15(16-9)18-13(20)6-5-12(19)17-11-4-2-3-10(7-11)14(21)22/h2-4,7-8H,5-6H2,1H3,(H,17,19)(H,21,22)(H,16,18,20). The summed E-state index contributed by atoms with van der Waals surface area (Å²) in [5.41, 5.74) is 1.28. The smallest absolute Gasteiger partial charge is 0.335 e. The van der Waals surface area contributed by atoms with Gasteiger partial charge in [0.1, 0.15) is 0 Å². The fourth-order valence-corrected chi connectivity index (χ4v) is 2.48. The summed E-state index contributed by atoms with van der Waals surface area (Å²) in [4.78, 5) is 38.5. The van der Waals surface area contributed by atoms with Gasteiger partial charge in [0.2, 0.25) is 11.8 Å². The Hall–Kier alpha value is -2.74. The van der Waals surface area contributed by atoms with Crippen molar-refractivity contribution in [1.82, 2.24) is 4.98 Å². The summed E-state index contributed by atoms with van der Waals surface area (Å²) in [5, 5.41) is 16.4. The predicted octanol–water partition coefficient (Wildman–Crippen LogP) is 2.51. The summed E-state index contributed by atoms with van der Waals surface area (Å²) >= 11 is 1.32. The molecule has 0 fully saturated rings. The number of aromatic nitrogens is 1. The third-order valence-corrected chi connectivity index (χ3v) is 3.71. The highest BCUT2D eigenvalue weighted by atomic mass is 32.1. The molecule has 0 aliphatic carbocycles. The van der Waals surface area contributed by atoms with Crippen LogP contribution in [0, 0.1) is 6.92 Å². The number of hydrogen-bond donors (Lipinski definition) is 3. The molecule has 0 atom stereocenters. The zero-order chi connectivity index (χ0) is 16.8. The lowest BCUT2D eigenvalue weighted by atomic mass is 10.2. The molecule has 0 unspecified atom stereocenters. The number of nitrogens with one attached hydrogen (secondary N) is 2. The third-order valence-electron chi connectivity index (χ3n) is 2.84. The van der Waals surface area contributed by atoms with E-state index in [1.165, 1.54) is 29.5 Å². The van der Waals surface area contributed by atoms with E-state index in [9.17, 15) is 14.4 Å². The largest absolute Gasteiger partial charge is 0.478 e. The number of amides is 2. The molecule has 0 radical (unpaired) electrons. The minimum absolute atomic E-state index is 0.00646. The maximum Gasteiger partial charge on any atom is 0.335 e. The van der Waals surface area contributed by atoms with Crippen LogP contribution in [-0.2, 0) is 9.59 Å². The second-order valence-electron chi connectivity index (χ2n) is 4.78. The van der Waals surface area contributed by atoms with Gasteiger partial charge >= 0.3 is 5.97 Å². The number of anilines is 2. The van der Waals surface area contributed by atoms with Crippen LogP contribution in [0.2, 0.25) is 0 Å². The lowest BCUT2D eigenvalue weighted by Crippen LogP contribution is -2.17. The number of carbonyl (C=O) groups is 3. The number of hydrogen-bond acceptors (Lipinski definition) is 5. The molecule has 3 N–H and O–H groups in total. The molecule has 7 nitrogen and oxygen atoms in total. The first-order chi connectivity index (χ1) is 10.9. The van der Waals surface area contributed by atoms with Gasteiger partial charge in [-0.05, 0) is 25.1 Å². The van der Waals surface area contributed by atoms with Crippen LogP contribution >= 0.6 is 11.3 Å². The van der Waals surface area contributed by atoms with Crippen LogP contribution in [0.5, 0.6) is 0 Å². The highest BCUT2D eigenvalue weighted by Gasteiger charge is 2.10. The average Bonchev–Trinajstić information content (AvgIpc) is 2.90. The van der Waals surface area contributed by atoms with E-state index in [4.69, 9.17) is 5.11 Å². The summed E-state index contributed by atoms with van der Waals surface area (Å²) in [6, 6.07) is 5.92. The Morgan fingerprint density at radius 3 is 2.48 bits per heavy atom. The molecule has 2 amide bonds. The van der Waals surface area contributed by atoms with Crippen molar-refractivity contribution in [3.63, 3.8) is 0 Å². The van der Waals surface area contributed by atoms with E-state index in [2.05, 4.69) is 15.6 Å². The van der Waals surface area contributed by atoms with Crippen LogP contribution in [0.25, 0.3) is 0 Å². The highest BCUT2D eigenvalue weighted by molar-refractivity contribution is 7.13. The Balaban J connectivity index is 1.81. The minimum Gasteiger partial charge on any atom is -0.478 e. The first-order valence-corrected chi connectivity index (χ1v) is 7.67. The molecule has 2 aromatic rings. The molecule has 2 rings (SSSR count). The van der Waals surface area contributed by atoms with Crippen molar-refractivity contribution in [2.45, 2.75) is 19.8 Å². The molecular formula is C15H15N3O4S. The van der Waals surface area contributed by atoms with Gasteiger partial charge in [0.05, 0.1) is 11.3 Å². The van der Waals surface area contributed by atoms with Gasteiger partial charge in [-0.1, -0.05) is 6.07 Å². The van der Waals surface area contributed by atoms with Crippen molar-refractivity contribution in [2.24, 2.45) is 0 Å². The topological polar surface area (TPSA) is 108 Å². The Morgan fingerprint density at radius 1 is 1.17 bits per heavy atom. The van der Waals surface area contributed by atoms with Crippen LogP contribution in [0.3, 0.4) is 0 Å². The molecule has 0 bridgehead atoms. The van der Waals surface area contributed by atoms with Gasteiger partial charge in [-0.25, -0.2) is 9.78 Å². The fourth-order valence-electron chi connectivity index (χ4n) is 1.77. The monoisotopic (exact) mass is 333 g/mol. The van der Waals surface area contributed by atoms with Crippen molar-refractivity contribution in [2.75, 3.05) is 10.6 Å². The summed E-state index contributed by atoms with van der Waals surface area (Å²) < 4.78 is 0. The molecular weight excluding hydrogens is 318 g/mol. The fraction of sp³-hybridized carbons (Fsp3) is 0.200. The normalized spacial score (nSPS) is 10.1. The molecule has 1 heterocycles. The first kappa shape index (κ1) is 16.6. The number of aromatic carboxylic acids is 1. The van der Waals surface area contributed by atoms with Crippen LogP contribution in [-0.4, -0.2) is 27.9 Å². The third kappa shape index (κ3) is 5.19. The molecule has 1 aromatic carbocycles. The van der Waals surface area contributed by atoms with Crippen molar-refractivity contribution < 1.29 is 19.5 Å². The van der Waals surface area contributed by atoms with E-state index in [1.54, 1.807) is 6.07 Å². The quantitative estimate of drug-likeness (QED) is 0.752. The van der Waals surface area contributed by atoms with Crippen molar-refractivity contribution in [3.8, 4) is 0 Å². The molecule has 0 aliphatic heterocycles. The van der Waals surface area contributed by atoms with Gasteiger partial charge < -0.3 is 15.7 Å². The van der Waals surface area contributed by atoms with E-state index >= 15 is 0 Å². The molecule has 0 spiro atoms. The second-order valence-corrected chi connectivity index (χ2v) is 5.63. The van der Waals surface area contributed by atoms with Crippen LogP contribution in [0.1, 0.15) is 28.9 Å². The van der Waals surface area contributed by atoms with Crippen LogP contribution in [0.15, 0.2) is 29.6 Å². The zero-order valence-corrected chi connectivity index (χ0v) is 13.1. The predicted molar refractivity (Wildman–Crippen MR) is 86.7 cm³/mol. The Labute approximate surface area is 136 Å². The number of benzene rings is 1. The number of carboxylic acid groups (broad SMARTS) is 1. The Bertz CT molecular complexity index is 742. The second kappa shape index (κ2) is 7.50. The average molecular weight is 333 g/mol. The molecule has 0 saturated heterocycles. The zero-order valence-electron chi connectivity index (χ0n) is 12.3. The maximum absolute atomic E-state index is 11.8. The summed E-state index contributed by atoms with van der Waals surface area (Å²) in [6.45, 7) is 1.82. The van der Waals surface area contributed by atoms with Crippen molar-refractivity contribution in [3.05, 3.63) is 40.9 Å². The number of rotatable bonds is 6. The number of thiazole rings is 1. The van der Waals surface area contributed by atoms with Gasteiger partial charge in [-0.15, -0.1) is 11.3 Å². The number of nitrogens with zero attached hydrogens (tertiary/aromatic N) is 1. The van der Waals surface area contributed by atoms with Gasteiger partial charge in [0, 0.05) is 23.9 Å². The van der Waals surface area contributed by atoms with Gasteiger partial charge in [0.15, 0.2) is 5.13 Å². The van der Waals surface area contributed by atoms with E-state index in [0.717, 1.165) is 5.69 Å². The number of carboxylic acids is 1. The Kier molecular flexibility index (Phi) is 5.42. The minimum atomic E-state index is -1.07. The molecule has 0 aliphatic rings. The van der Waals surface area contributed by atoms with Gasteiger partial charge in [-0.2, -0.15) is 0 Å². The summed E-state index contributed by atoms with van der Waals surface area (Å²) in [5.74, 6) is -1.73. The number of aryl methyl sites for hydroxylation is 1. The van der Waals surface area contributed by atoms with Crippen LogP contribution in [0.4, 0.5) is 10.8 Å². The lowest BCUT2D eigenvalue weighted by Gasteiger charge is -2.06. The van der Waals surface area contributed by atoms with Crippen LogP contribution < -0.4 is 10.6 Å². The molecule has 23 heavy (non-hydrogen) atoms. The number of carbonyl (C=O) groups excluding carboxylic acids is 2. The first-order valence-electron chi connectivity index (χ1n) is 6.79. The van der Waals surface area contributed by atoms with E-state index in [-0.39, 0.29) is 30.2 Å².